The molecular formula is C14H14N2O5S. The van der Waals surface area contributed by atoms with E-state index in [1.807, 2.05) is 0 Å². The third-order valence-electron chi connectivity index (χ3n) is 3.28. The van der Waals surface area contributed by atoms with Crippen LogP contribution in [0, 0.1) is 0 Å². The van der Waals surface area contributed by atoms with Gasteiger partial charge >= 0.3 is 5.97 Å². The Hall–Kier alpha value is -2.19. The van der Waals surface area contributed by atoms with E-state index in [2.05, 4.69) is 4.98 Å². The monoisotopic (exact) mass is 322 g/mol. The summed E-state index contributed by atoms with van der Waals surface area (Å²) in [7, 11) is 0. The Bertz CT molecular complexity index is 667. The molecule has 0 saturated carbocycles. The maximum Gasteiger partial charge on any atom is 0.306 e. The lowest BCUT2D eigenvalue weighted by Crippen LogP contribution is -2.46. The second kappa shape index (κ2) is 6.29. The molecule has 2 aromatic rings. The van der Waals surface area contributed by atoms with Gasteiger partial charge < -0.3 is 19.2 Å². The Morgan fingerprint density at radius 1 is 1.50 bits per heavy atom. The van der Waals surface area contributed by atoms with Crippen LogP contribution in [0.5, 0.6) is 0 Å². The van der Waals surface area contributed by atoms with E-state index in [4.69, 9.17) is 14.3 Å². The smallest absolute Gasteiger partial charge is 0.306 e. The van der Waals surface area contributed by atoms with Gasteiger partial charge in [-0.3, -0.25) is 9.59 Å². The fraction of sp³-hybridized carbons (Fsp3) is 0.357. The number of nitrogens with zero attached hydrogens (tertiary/aromatic N) is 2. The fourth-order valence-electron chi connectivity index (χ4n) is 2.27. The second-order valence-electron chi connectivity index (χ2n) is 4.85. The number of carbonyl (C=O) groups is 2. The maximum atomic E-state index is 12.5. The normalized spacial score (nSPS) is 18.4. The first kappa shape index (κ1) is 14.7. The van der Waals surface area contributed by atoms with Gasteiger partial charge in [0.1, 0.15) is 4.88 Å². The van der Waals surface area contributed by atoms with Gasteiger partial charge in [-0.2, -0.15) is 0 Å². The van der Waals surface area contributed by atoms with Crippen molar-refractivity contribution in [1.29, 1.82) is 0 Å². The summed E-state index contributed by atoms with van der Waals surface area (Å²) in [5.74, 6) is -0.471. The number of thiazole rings is 1. The molecule has 1 fully saturated rings. The van der Waals surface area contributed by atoms with Crippen molar-refractivity contribution >= 4 is 23.2 Å². The summed E-state index contributed by atoms with van der Waals surface area (Å²) in [5, 5.41) is 9.46. The van der Waals surface area contributed by atoms with Crippen LogP contribution in [0.2, 0.25) is 0 Å². The first-order chi connectivity index (χ1) is 10.6. The van der Waals surface area contributed by atoms with Crippen LogP contribution in [-0.2, 0) is 9.53 Å². The predicted octanol–water partition coefficient (Wildman–Crippen LogP) is 1.72. The van der Waals surface area contributed by atoms with Gasteiger partial charge in [0, 0.05) is 13.1 Å². The highest BCUT2D eigenvalue weighted by molar-refractivity contribution is 7.16. The number of aliphatic carboxylic acids is 1. The lowest BCUT2D eigenvalue weighted by Gasteiger charge is -2.31. The number of aromatic nitrogens is 1. The molecular weight excluding hydrogens is 308 g/mol. The van der Waals surface area contributed by atoms with Gasteiger partial charge in [0.15, 0.2) is 10.8 Å². The minimum Gasteiger partial charge on any atom is -0.481 e. The zero-order valence-electron chi connectivity index (χ0n) is 11.6. The third kappa shape index (κ3) is 3.18. The molecule has 3 rings (SSSR count). The van der Waals surface area contributed by atoms with Crippen LogP contribution in [0.15, 0.2) is 29.0 Å². The minimum absolute atomic E-state index is 0.107. The molecule has 1 aliphatic heterocycles. The Morgan fingerprint density at radius 3 is 3.09 bits per heavy atom. The number of rotatable bonds is 4. The van der Waals surface area contributed by atoms with Crippen molar-refractivity contribution < 1.29 is 23.8 Å². The lowest BCUT2D eigenvalue weighted by atomic mass is 10.2. The molecule has 8 heteroatoms. The van der Waals surface area contributed by atoms with Crippen molar-refractivity contribution in [2.24, 2.45) is 0 Å². The van der Waals surface area contributed by atoms with Crippen molar-refractivity contribution in [2.45, 2.75) is 12.5 Å². The number of amides is 1. The summed E-state index contributed by atoms with van der Waals surface area (Å²) in [5.41, 5.74) is 0. The van der Waals surface area contributed by atoms with E-state index in [0.29, 0.717) is 28.8 Å². The maximum absolute atomic E-state index is 12.5. The molecule has 0 bridgehead atoms. The van der Waals surface area contributed by atoms with Gasteiger partial charge in [-0.1, -0.05) is 0 Å². The van der Waals surface area contributed by atoms with E-state index in [9.17, 15) is 9.59 Å². The summed E-state index contributed by atoms with van der Waals surface area (Å²) < 4.78 is 10.6. The van der Waals surface area contributed by atoms with Crippen molar-refractivity contribution in [3.63, 3.8) is 0 Å². The predicted molar refractivity (Wildman–Crippen MR) is 77.7 cm³/mol. The molecule has 1 saturated heterocycles. The molecule has 22 heavy (non-hydrogen) atoms. The third-order valence-corrected chi connectivity index (χ3v) is 4.28. The summed E-state index contributed by atoms with van der Waals surface area (Å²) >= 11 is 1.25. The molecule has 1 amide bonds. The van der Waals surface area contributed by atoms with Gasteiger partial charge in [-0.15, -0.1) is 11.3 Å². The zero-order chi connectivity index (χ0) is 15.5. The van der Waals surface area contributed by atoms with Crippen LogP contribution in [0.4, 0.5) is 0 Å². The molecule has 0 spiro atoms. The number of furan rings is 1. The number of morpholine rings is 1. The average Bonchev–Trinajstić information content (AvgIpc) is 3.17. The number of carbonyl (C=O) groups excluding carboxylic acids is 1. The highest BCUT2D eigenvalue weighted by Gasteiger charge is 2.27. The number of hydrogen-bond acceptors (Lipinski definition) is 6. The van der Waals surface area contributed by atoms with E-state index >= 15 is 0 Å². The summed E-state index contributed by atoms with van der Waals surface area (Å²) in [6.07, 6.45) is 2.50. The van der Waals surface area contributed by atoms with Gasteiger partial charge in [-0.25, -0.2) is 4.98 Å². The van der Waals surface area contributed by atoms with E-state index in [0.717, 1.165) is 0 Å². The highest BCUT2D eigenvalue weighted by Crippen LogP contribution is 2.26. The minimum atomic E-state index is -0.933. The molecule has 0 aromatic carbocycles. The topological polar surface area (TPSA) is 92.9 Å². The van der Waals surface area contributed by atoms with Crippen LogP contribution in [0.25, 0.3) is 10.8 Å². The Morgan fingerprint density at radius 2 is 2.36 bits per heavy atom. The van der Waals surface area contributed by atoms with Crippen LogP contribution in [0.3, 0.4) is 0 Å². The second-order valence-corrected chi connectivity index (χ2v) is 5.88. The van der Waals surface area contributed by atoms with E-state index in [1.54, 1.807) is 23.3 Å². The fourth-order valence-corrected chi connectivity index (χ4v) is 3.12. The van der Waals surface area contributed by atoms with Crippen LogP contribution in [0.1, 0.15) is 16.1 Å². The molecule has 116 valence electrons. The first-order valence-corrected chi connectivity index (χ1v) is 7.57. The van der Waals surface area contributed by atoms with Crippen molar-refractivity contribution in [1.82, 2.24) is 9.88 Å². The summed E-state index contributed by atoms with van der Waals surface area (Å²) in [6.45, 7) is 1.07. The number of carboxylic acid groups (broad SMARTS) is 1. The van der Waals surface area contributed by atoms with E-state index in [-0.39, 0.29) is 18.9 Å². The Labute approximate surface area is 130 Å². The molecule has 1 unspecified atom stereocenters. The molecule has 1 aliphatic rings. The van der Waals surface area contributed by atoms with Crippen molar-refractivity contribution in [3.8, 4) is 10.8 Å². The highest BCUT2D eigenvalue weighted by atomic mass is 32.1. The Kier molecular flexibility index (Phi) is 4.21. The Balaban J connectivity index is 1.69. The molecule has 0 aliphatic carbocycles. The molecule has 0 radical (unpaired) electrons. The quantitative estimate of drug-likeness (QED) is 0.921. The molecule has 3 heterocycles. The van der Waals surface area contributed by atoms with Gasteiger partial charge in [0.05, 0.1) is 31.6 Å². The number of hydrogen-bond donors (Lipinski definition) is 1. The summed E-state index contributed by atoms with van der Waals surface area (Å²) in [6, 6.07) is 3.54. The van der Waals surface area contributed by atoms with E-state index < -0.39 is 12.1 Å². The SMILES string of the molecule is O=C(O)CC1CN(C(=O)c2cnc(-c3ccco3)s2)CCO1. The first-order valence-electron chi connectivity index (χ1n) is 6.76. The van der Waals surface area contributed by atoms with E-state index in [1.165, 1.54) is 17.5 Å². The van der Waals surface area contributed by atoms with Crippen molar-refractivity contribution in [3.05, 3.63) is 29.5 Å². The number of carboxylic acids is 1. The largest absolute Gasteiger partial charge is 0.481 e. The van der Waals surface area contributed by atoms with Crippen molar-refractivity contribution in [2.75, 3.05) is 19.7 Å². The zero-order valence-corrected chi connectivity index (χ0v) is 12.4. The molecule has 7 nitrogen and oxygen atoms in total. The van der Waals surface area contributed by atoms with Gasteiger partial charge in [0.25, 0.3) is 5.91 Å². The van der Waals surface area contributed by atoms with Gasteiger partial charge in [-0.05, 0) is 12.1 Å². The van der Waals surface area contributed by atoms with Gasteiger partial charge in [0.2, 0.25) is 0 Å². The van der Waals surface area contributed by atoms with Crippen LogP contribution < -0.4 is 0 Å². The average molecular weight is 322 g/mol. The molecule has 1 atom stereocenters. The van der Waals surface area contributed by atoms with Crippen LogP contribution in [-0.4, -0.2) is 52.7 Å². The standard InChI is InChI=1S/C14H14N2O5S/c17-12(18)6-9-8-16(3-5-20-9)14(19)11-7-15-13(22-11)10-2-1-4-21-10/h1-2,4,7,9H,3,5-6,8H2,(H,17,18). The molecule has 1 N–H and O–H groups in total. The van der Waals surface area contributed by atoms with Crippen LogP contribution >= 0.6 is 11.3 Å². The lowest BCUT2D eigenvalue weighted by molar-refractivity contribution is -0.141. The summed E-state index contributed by atoms with van der Waals surface area (Å²) in [4.78, 5) is 29.5. The molecule has 2 aromatic heterocycles. The number of ether oxygens (including phenoxy) is 1.